The fraction of sp³-hybridized carbons (Fsp3) is 0.667. The van der Waals surface area contributed by atoms with Gasteiger partial charge in [0.1, 0.15) is 6.17 Å². The number of allylic oxidation sites excluding steroid dienone is 1. The summed E-state index contributed by atoms with van der Waals surface area (Å²) in [7, 11) is 0. The molecule has 0 saturated heterocycles. The molecule has 0 aromatic heterocycles. The van der Waals surface area contributed by atoms with Gasteiger partial charge in [-0.15, -0.1) is 0 Å². The molecule has 62 valence electrons. The molecule has 0 aromatic rings. The fourth-order valence-electron chi connectivity index (χ4n) is 1.19. The molecular formula is C9H16N2. The van der Waals surface area contributed by atoms with E-state index in [4.69, 9.17) is 5.73 Å². The van der Waals surface area contributed by atoms with Gasteiger partial charge in [-0.05, 0) is 12.0 Å². The molecule has 0 aliphatic carbocycles. The summed E-state index contributed by atoms with van der Waals surface area (Å²) in [5.41, 5.74) is 5.90. The zero-order valence-corrected chi connectivity index (χ0v) is 7.41. The lowest BCUT2D eigenvalue weighted by molar-refractivity contribution is 0.241. The summed E-state index contributed by atoms with van der Waals surface area (Å²) in [4.78, 5) is 4.17. The van der Waals surface area contributed by atoms with Crippen LogP contribution in [0, 0.1) is 11.3 Å². The van der Waals surface area contributed by atoms with Gasteiger partial charge in [-0.3, -0.25) is 4.99 Å². The van der Waals surface area contributed by atoms with Crippen molar-refractivity contribution in [3.8, 4) is 0 Å². The molecule has 2 nitrogen and oxygen atoms in total. The summed E-state index contributed by atoms with van der Waals surface area (Å²) in [6.07, 6.45) is 5.82. The topological polar surface area (TPSA) is 38.4 Å². The van der Waals surface area contributed by atoms with E-state index in [0.29, 0.717) is 5.92 Å². The number of aliphatic imine (C=N–C) groups is 1. The van der Waals surface area contributed by atoms with E-state index in [0.717, 1.165) is 0 Å². The summed E-state index contributed by atoms with van der Waals surface area (Å²) < 4.78 is 0. The summed E-state index contributed by atoms with van der Waals surface area (Å²) in [5.74, 6) is 0.534. The van der Waals surface area contributed by atoms with Gasteiger partial charge in [0.15, 0.2) is 0 Å². The Hall–Kier alpha value is -0.630. The second kappa shape index (κ2) is 2.78. The van der Waals surface area contributed by atoms with E-state index < -0.39 is 0 Å². The van der Waals surface area contributed by atoms with Crippen LogP contribution in [-0.4, -0.2) is 12.4 Å². The standard InChI is InChI=1S/C9H16N2/c1-7(2)9(3)5-4-6-11-8(9)10/h4-8H,10H2,1-3H3. The number of nitrogens with zero attached hydrogens (tertiary/aromatic N) is 1. The third kappa shape index (κ3) is 1.36. The van der Waals surface area contributed by atoms with E-state index in [1.807, 2.05) is 6.08 Å². The highest BCUT2D eigenvalue weighted by molar-refractivity contribution is 5.72. The van der Waals surface area contributed by atoms with Crippen LogP contribution in [0.4, 0.5) is 0 Å². The van der Waals surface area contributed by atoms with E-state index >= 15 is 0 Å². The predicted octanol–water partition coefficient (Wildman–Crippen LogP) is 1.57. The van der Waals surface area contributed by atoms with E-state index in [9.17, 15) is 0 Å². The number of dihydropyridines is 1. The minimum Gasteiger partial charge on any atom is -0.309 e. The second-order valence-corrected chi connectivity index (χ2v) is 3.62. The van der Waals surface area contributed by atoms with Crippen LogP contribution >= 0.6 is 0 Å². The Morgan fingerprint density at radius 3 is 2.55 bits per heavy atom. The van der Waals surface area contributed by atoms with Crippen LogP contribution in [0.3, 0.4) is 0 Å². The van der Waals surface area contributed by atoms with E-state index in [1.165, 1.54) is 0 Å². The lowest BCUT2D eigenvalue weighted by Crippen LogP contribution is -2.41. The van der Waals surface area contributed by atoms with Crippen LogP contribution in [0.15, 0.2) is 17.1 Å². The highest BCUT2D eigenvalue weighted by Gasteiger charge is 2.33. The van der Waals surface area contributed by atoms with Crippen molar-refractivity contribution in [1.29, 1.82) is 0 Å². The maximum atomic E-state index is 5.86. The van der Waals surface area contributed by atoms with E-state index in [-0.39, 0.29) is 11.6 Å². The van der Waals surface area contributed by atoms with Gasteiger partial charge in [0.2, 0.25) is 0 Å². The van der Waals surface area contributed by atoms with E-state index in [2.05, 4.69) is 31.8 Å². The minimum atomic E-state index is -0.0764. The maximum absolute atomic E-state index is 5.86. The van der Waals surface area contributed by atoms with Crippen molar-refractivity contribution in [3.05, 3.63) is 12.2 Å². The number of hydrogen-bond acceptors (Lipinski definition) is 2. The molecule has 2 N–H and O–H groups in total. The molecule has 0 saturated carbocycles. The Bertz CT molecular complexity index is 194. The predicted molar refractivity (Wildman–Crippen MR) is 48.6 cm³/mol. The molecule has 0 aromatic carbocycles. The van der Waals surface area contributed by atoms with Crippen LogP contribution < -0.4 is 5.73 Å². The highest BCUT2D eigenvalue weighted by atomic mass is 15.0. The van der Waals surface area contributed by atoms with Gasteiger partial charge in [-0.2, -0.15) is 0 Å². The molecule has 0 amide bonds. The molecule has 0 fully saturated rings. The van der Waals surface area contributed by atoms with Gasteiger partial charge in [-0.1, -0.05) is 26.8 Å². The Labute approximate surface area is 68.2 Å². The summed E-state index contributed by atoms with van der Waals surface area (Å²) in [6, 6.07) is 0. The lowest BCUT2D eigenvalue weighted by Gasteiger charge is -2.35. The first kappa shape index (κ1) is 8.47. The van der Waals surface area contributed by atoms with Gasteiger partial charge in [0.05, 0.1) is 0 Å². The quantitative estimate of drug-likeness (QED) is 0.608. The van der Waals surface area contributed by atoms with Crippen molar-refractivity contribution in [2.45, 2.75) is 26.9 Å². The zero-order chi connectivity index (χ0) is 8.48. The molecule has 11 heavy (non-hydrogen) atoms. The van der Waals surface area contributed by atoms with Crippen LogP contribution in [0.2, 0.25) is 0 Å². The third-order valence-electron chi connectivity index (χ3n) is 2.67. The maximum Gasteiger partial charge on any atom is 0.106 e. The summed E-state index contributed by atoms with van der Waals surface area (Å²) in [5, 5.41) is 0. The molecule has 2 atom stereocenters. The smallest absolute Gasteiger partial charge is 0.106 e. The summed E-state index contributed by atoms with van der Waals surface area (Å²) >= 11 is 0. The van der Waals surface area contributed by atoms with Crippen molar-refractivity contribution in [2.75, 3.05) is 0 Å². The molecule has 1 aliphatic heterocycles. The summed E-state index contributed by atoms with van der Waals surface area (Å²) in [6.45, 7) is 6.49. The molecule has 0 radical (unpaired) electrons. The SMILES string of the molecule is CC(C)C1(C)C=CC=NC1N. The number of nitrogens with two attached hydrogens (primary N) is 1. The van der Waals surface area contributed by atoms with Gasteiger partial charge in [0, 0.05) is 11.6 Å². The van der Waals surface area contributed by atoms with Crippen LogP contribution in [0.5, 0.6) is 0 Å². The first-order valence-electron chi connectivity index (χ1n) is 4.04. The van der Waals surface area contributed by atoms with Gasteiger partial charge < -0.3 is 5.73 Å². The van der Waals surface area contributed by atoms with Crippen LogP contribution in [0.25, 0.3) is 0 Å². The second-order valence-electron chi connectivity index (χ2n) is 3.62. The Balaban J connectivity index is 2.85. The Morgan fingerprint density at radius 1 is 1.55 bits per heavy atom. The fourth-order valence-corrected chi connectivity index (χ4v) is 1.19. The monoisotopic (exact) mass is 152 g/mol. The lowest BCUT2D eigenvalue weighted by atomic mass is 9.75. The molecule has 1 rings (SSSR count). The first-order valence-corrected chi connectivity index (χ1v) is 4.04. The van der Waals surface area contributed by atoms with E-state index in [1.54, 1.807) is 6.21 Å². The Kier molecular flexibility index (Phi) is 2.14. The van der Waals surface area contributed by atoms with Crippen LogP contribution in [-0.2, 0) is 0 Å². The van der Waals surface area contributed by atoms with Crippen molar-refractivity contribution < 1.29 is 0 Å². The molecule has 1 aliphatic rings. The number of hydrogen-bond donors (Lipinski definition) is 1. The normalized spacial score (nSPS) is 36.6. The third-order valence-corrected chi connectivity index (χ3v) is 2.67. The molecule has 2 unspecified atom stereocenters. The van der Waals surface area contributed by atoms with Crippen molar-refractivity contribution in [3.63, 3.8) is 0 Å². The molecule has 1 heterocycles. The average molecular weight is 152 g/mol. The molecular weight excluding hydrogens is 136 g/mol. The average Bonchev–Trinajstić information content (AvgIpc) is 1.95. The van der Waals surface area contributed by atoms with Crippen LogP contribution in [0.1, 0.15) is 20.8 Å². The van der Waals surface area contributed by atoms with Gasteiger partial charge >= 0.3 is 0 Å². The first-order chi connectivity index (χ1) is 5.07. The molecule has 0 bridgehead atoms. The largest absolute Gasteiger partial charge is 0.309 e. The zero-order valence-electron chi connectivity index (χ0n) is 7.41. The van der Waals surface area contributed by atoms with Gasteiger partial charge in [0.25, 0.3) is 0 Å². The number of rotatable bonds is 1. The highest BCUT2D eigenvalue weighted by Crippen LogP contribution is 2.33. The van der Waals surface area contributed by atoms with Crippen molar-refractivity contribution in [1.82, 2.24) is 0 Å². The molecule has 2 heteroatoms. The van der Waals surface area contributed by atoms with Crippen molar-refractivity contribution >= 4 is 6.21 Å². The van der Waals surface area contributed by atoms with Gasteiger partial charge in [-0.25, -0.2) is 0 Å². The minimum absolute atomic E-state index is 0.0365. The Morgan fingerprint density at radius 2 is 2.18 bits per heavy atom. The van der Waals surface area contributed by atoms with Crippen molar-refractivity contribution in [2.24, 2.45) is 22.1 Å². The molecule has 0 spiro atoms.